The third-order valence-electron chi connectivity index (χ3n) is 4.84. The summed E-state index contributed by atoms with van der Waals surface area (Å²) in [5.74, 6) is 0.591. The number of hydrogen-bond acceptors (Lipinski definition) is 5. The smallest absolute Gasteiger partial charge is 0.295 e. The highest BCUT2D eigenvalue weighted by atomic mass is 19.3. The van der Waals surface area contributed by atoms with E-state index in [0.29, 0.717) is 36.6 Å². The van der Waals surface area contributed by atoms with Crippen molar-refractivity contribution in [3.05, 3.63) is 12.2 Å². The van der Waals surface area contributed by atoms with Gasteiger partial charge in [-0.05, 0) is 26.2 Å². The van der Waals surface area contributed by atoms with E-state index in [2.05, 4.69) is 20.3 Å². The summed E-state index contributed by atoms with van der Waals surface area (Å²) >= 11 is 0. The number of alkyl halides is 2. The Kier molecular flexibility index (Phi) is 4.01. The molecular weight excluding hydrogens is 330 g/mol. The second-order valence-electron chi connectivity index (χ2n) is 6.60. The predicted molar refractivity (Wildman–Crippen MR) is 87.3 cm³/mol. The first-order valence-corrected chi connectivity index (χ1v) is 8.63. The number of amides is 1. The van der Waals surface area contributed by atoms with Gasteiger partial charge >= 0.3 is 0 Å². The van der Waals surface area contributed by atoms with Crippen LogP contribution in [0.15, 0.2) is 6.33 Å². The molecule has 1 N–H and O–H groups in total. The Bertz CT molecular complexity index is 803. The number of nitrogens with zero attached hydrogens (tertiary/aromatic N) is 5. The molecule has 0 bridgehead atoms. The van der Waals surface area contributed by atoms with E-state index in [1.165, 1.54) is 10.9 Å². The van der Waals surface area contributed by atoms with E-state index < -0.39 is 6.43 Å². The molecule has 2 fully saturated rings. The molecule has 2 aromatic heterocycles. The monoisotopic (exact) mass is 350 g/mol. The fourth-order valence-corrected chi connectivity index (χ4v) is 3.40. The number of rotatable bonds is 5. The van der Waals surface area contributed by atoms with Crippen LogP contribution in [0.2, 0.25) is 0 Å². The number of fused-ring (bicyclic) bond motifs is 1. The Morgan fingerprint density at radius 2 is 2.16 bits per heavy atom. The lowest BCUT2D eigenvalue weighted by atomic mass is 10.2. The Balaban J connectivity index is 1.56. The van der Waals surface area contributed by atoms with Crippen LogP contribution in [0.3, 0.4) is 0 Å². The molecule has 1 unspecified atom stereocenters. The fraction of sp³-hybridized carbons (Fsp3) is 0.625. The molecule has 0 spiro atoms. The van der Waals surface area contributed by atoms with Crippen LogP contribution in [0.1, 0.15) is 38.4 Å². The maximum absolute atomic E-state index is 13.2. The summed E-state index contributed by atoms with van der Waals surface area (Å²) < 4.78 is 27.8. The summed E-state index contributed by atoms with van der Waals surface area (Å²) in [5.41, 5.74) is 0.755. The van der Waals surface area contributed by atoms with Crippen LogP contribution in [0.25, 0.3) is 11.2 Å². The van der Waals surface area contributed by atoms with Crippen LogP contribution in [0, 0.1) is 5.92 Å². The molecule has 1 aliphatic carbocycles. The largest absolute Gasteiger partial charge is 0.364 e. The number of halogens is 2. The van der Waals surface area contributed by atoms with Crippen LogP contribution < -0.4 is 5.32 Å². The number of aromatic nitrogens is 4. The summed E-state index contributed by atoms with van der Waals surface area (Å²) in [6.07, 6.45) is 1.48. The summed E-state index contributed by atoms with van der Waals surface area (Å²) in [5, 5.41) is 3.27. The van der Waals surface area contributed by atoms with E-state index in [1.54, 1.807) is 6.92 Å². The maximum atomic E-state index is 13.2. The zero-order chi connectivity index (χ0) is 17.6. The van der Waals surface area contributed by atoms with Crippen molar-refractivity contribution in [2.24, 2.45) is 5.92 Å². The fourth-order valence-electron chi connectivity index (χ4n) is 3.40. The van der Waals surface area contributed by atoms with Gasteiger partial charge in [-0.1, -0.05) is 0 Å². The first kappa shape index (κ1) is 16.2. The second kappa shape index (κ2) is 6.20. The molecule has 1 aliphatic heterocycles. The minimum atomic E-state index is -2.67. The van der Waals surface area contributed by atoms with Crippen LogP contribution >= 0.6 is 0 Å². The van der Waals surface area contributed by atoms with E-state index in [-0.39, 0.29) is 23.7 Å². The van der Waals surface area contributed by atoms with E-state index in [4.69, 9.17) is 0 Å². The lowest BCUT2D eigenvalue weighted by Gasteiger charge is -2.17. The van der Waals surface area contributed by atoms with E-state index in [0.717, 1.165) is 19.3 Å². The number of anilines is 1. The molecule has 4 rings (SSSR count). The third kappa shape index (κ3) is 2.91. The highest BCUT2D eigenvalue weighted by molar-refractivity contribution is 5.84. The summed E-state index contributed by atoms with van der Waals surface area (Å²) in [4.78, 5) is 26.4. The van der Waals surface area contributed by atoms with Gasteiger partial charge in [0.05, 0.1) is 0 Å². The number of imidazole rings is 1. The molecule has 1 atom stereocenters. The van der Waals surface area contributed by atoms with Crippen LogP contribution in [-0.2, 0) is 11.3 Å². The first-order chi connectivity index (χ1) is 12.1. The topological polar surface area (TPSA) is 75.9 Å². The minimum absolute atomic E-state index is 0.0441. The number of aryl methyl sites for hydroxylation is 1. The van der Waals surface area contributed by atoms with Crippen molar-refractivity contribution in [3.63, 3.8) is 0 Å². The molecule has 2 aliphatic rings. The van der Waals surface area contributed by atoms with E-state index in [1.807, 2.05) is 4.90 Å². The lowest BCUT2D eigenvalue weighted by Crippen LogP contribution is -2.32. The van der Waals surface area contributed by atoms with Gasteiger partial charge in [0.25, 0.3) is 6.43 Å². The highest BCUT2D eigenvalue weighted by Crippen LogP contribution is 2.33. The number of nitrogens with one attached hydrogen (secondary N) is 1. The Hall–Kier alpha value is -2.32. The molecule has 2 aromatic rings. The molecule has 7 nitrogen and oxygen atoms in total. The lowest BCUT2D eigenvalue weighted by molar-refractivity contribution is -0.131. The SMILES string of the molecule is CCn1c(C(F)F)nc2c(NC3CCN(C(=O)C4CC4)C3)ncnc21. The van der Waals surface area contributed by atoms with Crippen molar-refractivity contribution in [1.29, 1.82) is 0 Å². The number of carbonyl (C=O) groups excluding carboxylic acids is 1. The van der Waals surface area contributed by atoms with Gasteiger partial charge in [-0.3, -0.25) is 4.79 Å². The molecule has 1 saturated heterocycles. The van der Waals surface area contributed by atoms with Crippen molar-refractivity contribution in [2.45, 2.75) is 45.2 Å². The Morgan fingerprint density at radius 1 is 1.36 bits per heavy atom. The van der Waals surface area contributed by atoms with Crippen LogP contribution in [0.5, 0.6) is 0 Å². The van der Waals surface area contributed by atoms with Crippen molar-refractivity contribution < 1.29 is 13.6 Å². The van der Waals surface area contributed by atoms with Gasteiger partial charge in [-0.2, -0.15) is 0 Å². The van der Waals surface area contributed by atoms with Crippen molar-refractivity contribution in [2.75, 3.05) is 18.4 Å². The highest BCUT2D eigenvalue weighted by Gasteiger charge is 2.36. The number of likely N-dealkylation sites (tertiary alicyclic amines) is 1. The normalized spacial score (nSPS) is 20.6. The minimum Gasteiger partial charge on any atom is -0.364 e. The first-order valence-electron chi connectivity index (χ1n) is 8.63. The standard InChI is InChI=1S/C16H20F2N6O/c1-2-24-14-11(22-15(24)12(17)18)13(19-8-20-14)21-10-5-6-23(7-10)16(25)9-3-4-9/h8-10,12H,2-7H2,1H3,(H,19,20,21). The zero-order valence-corrected chi connectivity index (χ0v) is 14.0. The molecular formula is C16H20F2N6O. The molecule has 1 amide bonds. The average molecular weight is 350 g/mol. The van der Waals surface area contributed by atoms with Gasteiger partial charge in [0.2, 0.25) is 5.91 Å². The molecule has 3 heterocycles. The van der Waals surface area contributed by atoms with Crippen LogP contribution in [0.4, 0.5) is 14.6 Å². The van der Waals surface area contributed by atoms with Crippen molar-refractivity contribution in [1.82, 2.24) is 24.4 Å². The Morgan fingerprint density at radius 3 is 2.84 bits per heavy atom. The second-order valence-corrected chi connectivity index (χ2v) is 6.60. The summed E-state index contributed by atoms with van der Waals surface area (Å²) in [6, 6.07) is 0.0441. The average Bonchev–Trinajstić information content (AvgIpc) is 3.22. The summed E-state index contributed by atoms with van der Waals surface area (Å²) in [6.45, 7) is 3.46. The van der Waals surface area contributed by atoms with Gasteiger partial charge in [-0.15, -0.1) is 0 Å². The predicted octanol–water partition coefficient (Wildman–Crippen LogP) is 2.21. The summed E-state index contributed by atoms with van der Waals surface area (Å²) in [7, 11) is 0. The van der Waals surface area contributed by atoms with Gasteiger partial charge in [0, 0.05) is 31.6 Å². The molecule has 134 valence electrons. The molecule has 0 aromatic carbocycles. The van der Waals surface area contributed by atoms with Gasteiger partial charge in [0.1, 0.15) is 6.33 Å². The number of hydrogen-bond donors (Lipinski definition) is 1. The third-order valence-corrected chi connectivity index (χ3v) is 4.84. The quantitative estimate of drug-likeness (QED) is 0.895. The van der Waals surface area contributed by atoms with Gasteiger partial charge in [-0.25, -0.2) is 23.7 Å². The molecule has 25 heavy (non-hydrogen) atoms. The van der Waals surface area contributed by atoms with Gasteiger partial charge in [0.15, 0.2) is 22.8 Å². The maximum Gasteiger partial charge on any atom is 0.295 e. The van der Waals surface area contributed by atoms with Crippen LogP contribution in [-0.4, -0.2) is 49.5 Å². The van der Waals surface area contributed by atoms with Gasteiger partial charge < -0.3 is 14.8 Å². The molecule has 0 radical (unpaired) electrons. The van der Waals surface area contributed by atoms with E-state index in [9.17, 15) is 13.6 Å². The van der Waals surface area contributed by atoms with Crippen molar-refractivity contribution >= 4 is 22.9 Å². The van der Waals surface area contributed by atoms with E-state index >= 15 is 0 Å². The number of carbonyl (C=O) groups is 1. The molecule has 9 heteroatoms. The zero-order valence-electron chi connectivity index (χ0n) is 14.0. The molecule has 1 saturated carbocycles. The van der Waals surface area contributed by atoms with Crippen molar-refractivity contribution in [3.8, 4) is 0 Å². The Labute approximate surface area is 143 Å².